The fraction of sp³-hybridized carbons (Fsp3) is 0.222. The molecule has 27 heavy (non-hydrogen) atoms. The summed E-state index contributed by atoms with van der Waals surface area (Å²) in [7, 11) is 0. The first-order valence-electron chi connectivity index (χ1n) is 8.24. The lowest BCUT2D eigenvalue weighted by Crippen LogP contribution is -2.23. The van der Waals surface area contributed by atoms with E-state index in [-0.39, 0.29) is 27.5 Å². The Kier molecular flexibility index (Phi) is 5.27. The van der Waals surface area contributed by atoms with Crippen LogP contribution >= 0.6 is 11.6 Å². The standard InChI is InChI=1S/C18H16ClN3O5/c19-15-5-3-11(9-13(15)18(24)25)20-17(23)14-10-12(22(26)27)4-6-16(14)21-7-1-2-8-21/h3-6,9-10H,1-2,7-8H2,(H,20,23)(H,24,25). The van der Waals surface area contributed by atoms with Crippen LogP contribution in [0.15, 0.2) is 36.4 Å². The highest BCUT2D eigenvalue weighted by atomic mass is 35.5. The summed E-state index contributed by atoms with van der Waals surface area (Å²) in [5, 5.41) is 22.9. The summed E-state index contributed by atoms with van der Waals surface area (Å²) in [5.41, 5.74) is 0.681. The molecule has 1 heterocycles. The number of carboxylic acids is 1. The molecule has 1 fully saturated rings. The quantitative estimate of drug-likeness (QED) is 0.594. The van der Waals surface area contributed by atoms with Crippen molar-refractivity contribution in [1.29, 1.82) is 0 Å². The molecular formula is C18H16ClN3O5. The van der Waals surface area contributed by atoms with E-state index >= 15 is 0 Å². The van der Waals surface area contributed by atoms with E-state index in [9.17, 15) is 19.7 Å². The number of nitro benzene ring substituents is 1. The maximum atomic E-state index is 12.8. The number of amides is 1. The lowest BCUT2D eigenvalue weighted by molar-refractivity contribution is -0.384. The maximum Gasteiger partial charge on any atom is 0.337 e. The molecule has 2 aromatic carbocycles. The van der Waals surface area contributed by atoms with Gasteiger partial charge < -0.3 is 15.3 Å². The van der Waals surface area contributed by atoms with Crippen molar-refractivity contribution in [3.8, 4) is 0 Å². The van der Waals surface area contributed by atoms with E-state index in [1.54, 1.807) is 6.07 Å². The minimum absolute atomic E-state index is 0.0496. The third kappa shape index (κ3) is 4.01. The molecule has 0 aliphatic carbocycles. The largest absolute Gasteiger partial charge is 0.478 e. The molecule has 3 rings (SSSR count). The Bertz CT molecular complexity index is 925. The number of rotatable bonds is 5. The summed E-state index contributed by atoms with van der Waals surface area (Å²) in [6, 6.07) is 8.26. The zero-order valence-corrected chi connectivity index (χ0v) is 14.9. The number of anilines is 2. The van der Waals surface area contributed by atoms with Gasteiger partial charge in [0, 0.05) is 30.9 Å². The first kappa shape index (κ1) is 18.7. The molecule has 8 nitrogen and oxygen atoms in total. The van der Waals surface area contributed by atoms with Crippen LogP contribution in [0, 0.1) is 10.1 Å². The monoisotopic (exact) mass is 389 g/mol. The number of carbonyl (C=O) groups is 2. The molecule has 0 aromatic heterocycles. The highest BCUT2D eigenvalue weighted by Crippen LogP contribution is 2.29. The van der Waals surface area contributed by atoms with Crippen LogP contribution < -0.4 is 10.2 Å². The van der Waals surface area contributed by atoms with Crippen molar-refractivity contribution in [3.05, 3.63) is 62.7 Å². The van der Waals surface area contributed by atoms with Gasteiger partial charge in [0.05, 0.1) is 26.8 Å². The van der Waals surface area contributed by atoms with Crippen molar-refractivity contribution in [1.82, 2.24) is 0 Å². The molecule has 1 aliphatic heterocycles. The van der Waals surface area contributed by atoms with Gasteiger partial charge in [-0.2, -0.15) is 0 Å². The maximum absolute atomic E-state index is 12.8. The van der Waals surface area contributed by atoms with Gasteiger partial charge in [-0.25, -0.2) is 4.79 Å². The molecule has 0 spiro atoms. The molecule has 140 valence electrons. The van der Waals surface area contributed by atoms with Gasteiger partial charge in [-0.05, 0) is 37.1 Å². The molecule has 1 aliphatic rings. The van der Waals surface area contributed by atoms with Gasteiger partial charge >= 0.3 is 5.97 Å². The predicted octanol–water partition coefficient (Wildman–Crippen LogP) is 3.80. The van der Waals surface area contributed by atoms with Crippen LogP contribution in [-0.2, 0) is 0 Å². The van der Waals surface area contributed by atoms with Crippen molar-refractivity contribution >= 4 is 40.5 Å². The second-order valence-electron chi connectivity index (χ2n) is 6.11. The highest BCUT2D eigenvalue weighted by molar-refractivity contribution is 6.33. The van der Waals surface area contributed by atoms with Gasteiger partial charge in [-0.15, -0.1) is 0 Å². The summed E-state index contributed by atoms with van der Waals surface area (Å²) >= 11 is 5.84. The summed E-state index contributed by atoms with van der Waals surface area (Å²) in [6.45, 7) is 1.53. The second kappa shape index (κ2) is 7.63. The molecule has 2 N–H and O–H groups in total. The summed E-state index contributed by atoms with van der Waals surface area (Å²) in [6.07, 6.45) is 1.97. The molecule has 2 aromatic rings. The molecule has 1 saturated heterocycles. The Morgan fingerprint density at radius 1 is 1.11 bits per heavy atom. The zero-order valence-electron chi connectivity index (χ0n) is 14.1. The Morgan fingerprint density at radius 2 is 1.81 bits per heavy atom. The molecule has 0 bridgehead atoms. The minimum Gasteiger partial charge on any atom is -0.478 e. The lowest BCUT2D eigenvalue weighted by Gasteiger charge is -2.21. The van der Waals surface area contributed by atoms with E-state index in [0.717, 1.165) is 25.9 Å². The average Bonchev–Trinajstić information content (AvgIpc) is 3.17. The Hall–Kier alpha value is -3.13. The van der Waals surface area contributed by atoms with Crippen LogP contribution in [0.5, 0.6) is 0 Å². The van der Waals surface area contributed by atoms with Crippen molar-refractivity contribution in [2.45, 2.75) is 12.8 Å². The van der Waals surface area contributed by atoms with Crippen LogP contribution in [0.1, 0.15) is 33.6 Å². The topological polar surface area (TPSA) is 113 Å². The van der Waals surface area contributed by atoms with Crippen LogP contribution in [0.25, 0.3) is 0 Å². The number of carboxylic acid groups (broad SMARTS) is 1. The van der Waals surface area contributed by atoms with E-state index in [4.69, 9.17) is 16.7 Å². The highest BCUT2D eigenvalue weighted by Gasteiger charge is 2.23. The second-order valence-corrected chi connectivity index (χ2v) is 6.51. The molecule has 9 heteroatoms. The lowest BCUT2D eigenvalue weighted by atomic mass is 10.1. The number of nitrogens with zero attached hydrogens (tertiary/aromatic N) is 2. The van der Waals surface area contributed by atoms with Crippen molar-refractivity contribution in [2.24, 2.45) is 0 Å². The average molecular weight is 390 g/mol. The number of hydrogen-bond donors (Lipinski definition) is 2. The van der Waals surface area contributed by atoms with Crippen LogP contribution in [0.4, 0.5) is 17.1 Å². The summed E-state index contributed by atoms with van der Waals surface area (Å²) in [4.78, 5) is 36.5. The molecule has 0 atom stereocenters. The number of hydrogen-bond acceptors (Lipinski definition) is 5. The van der Waals surface area contributed by atoms with Crippen molar-refractivity contribution < 1.29 is 19.6 Å². The van der Waals surface area contributed by atoms with E-state index < -0.39 is 16.8 Å². The van der Waals surface area contributed by atoms with E-state index in [1.165, 1.54) is 30.3 Å². The van der Waals surface area contributed by atoms with E-state index in [2.05, 4.69) is 5.32 Å². The van der Waals surface area contributed by atoms with Gasteiger partial charge in [0.1, 0.15) is 0 Å². The first-order valence-corrected chi connectivity index (χ1v) is 8.62. The van der Waals surface area contributed by atoms with E-state index in [0.29, 0.717) is 5.69 Å². The number of nitro groups is 1. The predicted molar refractivity (Wildman–Crippen MR) is 101 cm³/mol. The smallest absolute Gasteiger partial charge is 0.337 e. The zero-order chi connectivity index (χ0) is 19.6. The third-order valence-electron chi connectivity index (χ3n) is 4.34. The molecule has 0 saturated carbocycles. The Morgan fingerprint density at radius 3 is 2.44 bits per heavy atom. The van der Waals surface area contributed by atoms with Gasteiger partial charge in [-0.1, -0.05) is 11.6 Å². The normalized spacial score (nSPS) is 13.4. The summed E-state index contributed by atoms with van der Waals surface area (Å²) in [5.74, 6) is -1.77. The van der Waals surface area contributed by atoms with Gasteiger partial charge in [0.15, 0.2) is 0 Å². The molecule has 0 radical (unpaired) electrons. The first-order chi connectivity index (χ1) is 12.9. The summed E-state index contributed by atoms with van der Waals surface area (Å²) < 4.78 is 0. The van der Waals surface area contributed by atoms with Gasteiger partial charge in [0.25, 0.3) is 11.6 Å². The number of halogens is 1. The van der Waals surface area contributed by atoms with Crippen LogP contribution in [0.2, 0.25) is 5.02 Å². The number of nitrogens with one attached hydrogen (secondary N) is 1. The minimum atomic E-state index is -1.22. The number of carbonyl (C=O) groups excluding carboxylic acids is 1. The fourth-order valence-electron chi connectivity index (χ4n) is 3.02. The molecule has 0 unspecified atom stereocenters. The fourth-order valence-corrected chi connectivity index (χ4v) is 3.22. The van der Waals surface area contributed by atoms with E-state index in [1.807, 2.05) is 4.90 Å². The van der Waals surface area contributed by atoms with Crippen LogP contribution in [-0.4, -0.2) is 35.0 Å². The van der Waals surface area contributed by atoms with Crippen LogP contribution in [0.3, 0.4) is 0 Å². The Labute approximate surface area is 159 Å². The number of non-ortho nitro benzene ring substituents is 1. The number of benzene rings is 2. The van der Waals surface area contributed by atoms with Crippen molar-refractivity contribution in [3.63, 3.8) is 0 Å². The molecule has 1 amide bonds. The third-order valence-corrected chi connectivity index (χ3v) is 4.67. The van der Waals surface area contributed by atoms with Gasteiger partial charge in [0.2, 0.25) is 0 Å². The Balaban J connectivity index is 1.95. The van der Waals surface area contributed by atoms with Crippen molar-refractivity contribution in [2.75, 3.05) is 23.3 Å². The molecular weight excluding hydrogens is 374 g/mol. The van der Waals surface area contributed by atoms with Gasteiger partial charge in [-0.3, -0.25) is 14.9 Å². The number of aromatic carboxylic acids is 1. The SMILES string of the molecule is O=C(O)c1cc(NC(=O)c2cc([N+](=O)[O-])ccc2N2CCCC2)ccc1Cl.